The molecule has 1 aromatic heterocycles. The van der Waals surface area contributed by atoms with Gasteiger partial charge in [0.25, 0.3) is 0 Å². The molecule has 0 aliphatic rings. The van der Waals surface area contributed by atoms with E-state index in [2.05, 4.69) is 15.3 Å². The molecule has 6 heteroatoms. The normalized spacial score (nSPS) is 10.3. The number of carbonyl (C=O) groups excluding carboxylic acids is 1. The average Bonchev–Trinajstić information content (AvgIpc) is 2.68. The van der Waals surface area contributed by atoms with Gasteiger partial charge in [-0.3, -0.25) is 9.78 Å². The van der Waals surface area contributed by atoms with Crippen molar-refractivity contribution in [2.75, 3.05) is 11.9 Å². The summed E-state index contributed by atoms with van der Waals surface area (Å²) < 4.78 is 11.1. The molecule has 3 rings (SSSR count). The van der Waals surface area contributed by atoms with Crippen LogP contribution < -0.4 is 10.1 Å². The van der Waals surface area contributed by atoms with Crippen LogP contribution in [-0.4, -0.2) is 22.5 Å². The maximum absolute atomic E-state index is 12.0. The minimum atomic E-state index is -0.0966. The van der Waals surface area contributed by atoms with Crippen molar-refractivity contribution in [2.45, 2.75) is 13.0 Å². The number of nitrogens with one attached hydrogen (secondary N) is 1. The van der Waals surface area contributed by atoms with Gasteiger partial charge in [-0.25, -0.2) is 4.98 Å². The highest BCUT2D eigenvalue weighted by Crippen LogP contribution is 2.20. The summed E-state index contributed by atoms with van der Waals surface area (Å²) in [5.41, 5.74) is 1.79. The van der Waals surface area contributed by atoms with Gasteiger partial charge in [-0.05, 0) is 29.8 Å². The van der Waals surface area contributed by atoms with Gasteiger partial charge in [0.2, 0.25) is 11.8 Å². The fraction of sp³-hybridized carbons (Fsp3) is 0.150. The molecule has 0 unspecified atom stereocenters. The maximum Gasteiger partial charge on any atom is 0.237 e. The second-order valence-corrected chi connectivity index (χ2v) is 5.51. The number of anilines is 1. The topological polar surface area (TPSA) is 73.3 Å². The van der Waals surface area contributed by atoms with Crippen molar-refractivity contribution in [3.8, 4) is 11.6 Å². The third kappa shape index (κ3) is 5.68. The highest BCUT2D eigenvalue weighted by atomic mass is 16.5. The van der Waals surface area contributed by atoms with Gasteiger partial charge in [-0.2, -0.15) is 0 Å². The first-order valence-corrected chi connectivity index (χ1v) is 8.25. The first-order chi connectivity index (χ1) is 12.8. The van der Waals surface area contributed by atoms with Crippen molar-refractivity contribution in [3.05, 3.63) is 78.8 Å². The first kappa shape index (κ1) is 17.6. The molecule has 0 aliphatic heterocycles. The van der Waals surface area contributed by atoms with E-state index in [1.54, 1.807) is 36.7 Å². The van der Waals surface area contributed by atoms with E-state index in [1.165, 1.54) is 6.20 Å². The summed E-state index contributed by atoms with van der Waals surface area (Å²) in [6.45, 7) is 0.872. The van der Waals surface area contributed by atoms with Gasteiger partial charge < -0.3 is 14.8 Å². The smallest absolute Gasteiger partial charge is 0.237 e. The summed E-state index contributed by atoms with van der Waals surface area (Å²) in [6, 6.07) is 16.9. The Kier molecular flexibility index (Phi) is 6.28. The minimum Gasteiger partial charge on any atom is -0.438 e. The zero-order chi connectivity index (χ0) is 18.0. The Morgan fingerprint density at radius 3 is 2.54 bits per heavy atom. The van der Waals surface area contributed by atoms with Crippen LogP contribution in [0.3, 0.4) is 0 Å². The van der Waals surface area contributed by atoms with Gasteiger partial charge >= 0.3 is 0 Å². The van der Waals surface area contributed by atoms with Crippen LogP contribution in [0.4, 0.5) is 5.69 Å². The molecule has 132 valence electrons. The van der Waals surface area contributed by atoms with Gasteiger partial charge in [0.15, 0.2) is 0 Å². The summed E-state index contributed by atoms with van der Waals surface area (Å²) in [5, 5.41) is 2.83. The minimum absolute atomic E-state index is 0.0966. The van der Waals surface area contributed by atoms with Crippen LogP contribution in [0.15, 0.2) is 73.2 Å². The molecule has 3 aromatic rings. The summed E-state index contributed by atoms with van der Waals surface area (Å²) in [5.74, 6) is 0.940. The first-order valence-electron chi connectivity index (χ1n) is 8.25. The van der Waals surface area contributed by atoms with Crippen molar-refractivity contribution in [1.29, 1.82) is 0 Å². The number of amides is 1. The van der Waals surface area contributed by atoms with Gasteiger partial charge in [-0.1, -0.05) is 30.3 Å². The quantitative estimate of drug-likeness (QED) is 0.626. The summed E-state index contributed by atoms with van der Waals surface area (Å²) in [7, 11) is 0. The molecule has 0 bridgehead atoms. The zero-order valence-corrected chi connectivity index (χ0v) is 14.2. The maximum atomic E-state index is 12.0. The number of hydrogen-bond acceptors (Lipinski definition) is 5. The van der Waals surface area contributed by atoms with Crippen LogP contribution in [-0.2, 0) is 16.1 Å². The molecular formula is C20H19N3O3. The van der Waals surface area contributed by atoms with Crippen LogP contribution in [0.5, 0.6) is 11.6 Å². The van der Waals surface area contributed by atoms with Crippen molar-refractivity contribution in [2.24, 2.45) is 0 Å². The second kappa shape index (κ2) is 9.29. The summed E-state index contributed by atoms with van der Waals surface area (Å²) >= 11 is 0. The van der Waals surface area contributed by atoms with Crippen molar-refractivity contribution < 1.29 is 14.3 Å². The predicted octanol–water partition coefficient (Wildman–Crippen LogP) is 3.81. The molecule has 0 radical (unpaired) electrons. The van der Waals surface area contributed by atoms with E-state index >= 15 is 0 Å². The average molecular weight is 349 g/mol. The van der Waals surface area contributed by atoms with Crippen LogP contribution in [0.25, 0.3) is 0 Å². The molecule has 26 heavy (non-hydrogen) atoms. The Morgan fingerprint density at radius 1 is 1.00 bits per heavy atom. The van der Waals surface area contributed by atoms with Crippen LogP contribution in [0, 0.1) is 0 Å². The largest absolute Gasteiger partial charge is 0.438 e. The molecule has 0 atom stereocenters. The molecule has 0 aliphatic carbocycles. The van der Waals surface area contributed by atoms with E-state index in [4.69, 9.17) is 9.47 Å². The van der Waals surface area contributed by atoms with E-state index in [9.17, 15) is 4.79 Å². The number of hydrogen-bond donors (Lipinski definition) is 1. The second-order valence-electron chi connectivity index (χ2n) is 5.51. The van der Waals surface area contributed by atoms with Gasteiger partial charge in [0.1, 0.15) is 5.75 Å². The van der Waals surface area contributed by atoms with Crippen molar-refractivity contribution in [3.63, 3.8) is 0 Å². The number of rotatable bonds is 8. The highest BCUT2D eigenvalue weighted by Gasteiger charge is 2.04. The van der Waals surface area contributed by atoms with E-state index in [0.29, 0.717) is 37.0 Å². The van der Waals surface area contributed by atoms with Crippen LogP contribution in [0.2, 0.25) is 0 Å². The number of ether oxygens (including phenoxy) is 2. The Hall–Kier alpha value is -3.25. The third-order valence-corrected chi connectivity index (χ3v) is 3.48. The van der Waals surface area contributed by atoms with E-state index < -0.39 is 0 Å². The lowest BCUT2D eigenvalue weighted by molar-refractivity contribution is -0.117. The molecule has 1 heterocycles. The Labute approximate surface area is 151 Å². The fourth-order valence-corrected chi connectivity index (χ4v) is 2.22. The van der Waals surface area contributed by atoms with Gasteiger partial charge in [0, 0.05) is 18.1 Å². The fourth-order valence-electron chi connectivity index (χ4n) is 2.22. The van der Waals surface area contributed by atoms with Crippen molar-refractivity contribution >= 4 is 11.6 Å². The lowest BCUT2D eigenvalue weighted by atomic mass is 10.2. The number of nitrogens with zero attached hydrogens (tertiary/aromatic N) is 2. The highest BCUT2D eigenvalue weighted by molar-refractivity contribution is 5.90. The lowest BCUT2D eigenvalue weighted by Crippen LogP contribution is -2.14. The Balaban J connectivity index is 1.40. The summed E-state index contributed by atoms with van der Waals surface area (Å²) in [4.78, 5) is 19.9. The molecule has 1 N–H and O–H groups in total. The lowest BCUT2D eigenvalue weighted by Gasteiger charge is -2.08. The van der Waals surface area contributed by atoms with Gasteiger partial charge in [-0.15, -0.1) is 0 Å². The number of carbonyl (C=O) groups is 1. The standard InChI is InChI=1S/C20H19N3O3/c24-19(10-13-25-15-16-4-2-1-3-5-16)23-17-6-8-18(9-7-17)26-20-14-21-11-12-22-20/h1-9,11-12,14H,10,13,15H2,(H,23,24). The molecule has 0 fully saturated rings. The SMILES string of the molecule is O=C(CCOCc1ccccc1)Nc1ccc(Oc2cnccn2)cc1. The van der Waals surface area contributed by atoms with E-state index in [1.807, 2.05) is 30.3 Å². The number of benzene rings is 2. The molecule has 0 saturated carbocycles. The van der Waals surface area contributed by atoms with E-state index in [-0.39, 0.29) is 5.91 Å². The Morgan fingerprint density at radius 2 is 1.81 bits per heavy atom. The monoisotopic (exact) mass is 349 g/mol. The molecule has 1 amide bonds. The van der Waals surface area contributed by atoms with Gasteiger partial charge in [0.05, 0.1) is 25.8 Å². The van der Waals surface area contributed by atoms with Crippen LogP contribution >= 0.6 is 0 Å². The van der Waals surface area contributed by atoms with Crippen LogP contribution in [0.1, 0.15) is 12.0 Å². The summed E-state index contributed by atoms with van der Waals surface area (Å²) in [6.07, 6.45) is 4.97. The zero-order valence-electron chi connectivity index (χ0n) is 14.2. The molecule has 0 spiro atoms. The number of aromatic nitrogens is 2. The molecule has 0 saturated heterocycles. The van der Waals surface area contributed by atoms with E-state index in [0.717, 1.165) is 5.56 Å². The molecule has 6 nitrogen and oxygen atoms in total. The molecule has 2 aromatic carbocycles. The Bertz CT molecular complexity index is 809. The third-order valence-electron chi connectivity index (χ3n) is 3.48. The van der Waals surface area contributed by atoms with Crippen molar-refractivity contribution in [1.82, 2.24) is 9.97 Å². The predicted molar refractivity (Wildman–Crippen MR) is 97.9 cm³/mol. The molecular weight excluding hydrogens is 330 g/mol.